The topological polar surface area (TPSA) is 81.1 Å². The Bertz CT molecular complexity index is 379. The number of guanidine groups is 1. The standard InChI is InChI=1S/C10H18N6/c1-4-6-12-10(11)13-7-9-8(3)14-16(5-2)15-9/h4H,1,5-7H2,2-3H3,(H3,11,12,13). The molecule has 0 aromatic carbocycles. The van der Waals surface area contributed by atoms with Crippen molar-refractivity contribution in [1.29, 1.82) is 0 Å². The van der Waals surface area contributed by atoms with Crippen molar-refractivity contribution >= 4 is 5.96 Å². The minimum Gasteiger partial charge on any atom is -0.370 e. The van der Waals surface area contributed by atoms with Crippen molar-refractivity contribution in [2.45, 2.75) is 26.9 Å². The Hall–Kier alpha value is -1.85. The molecule has 0 atom stereocenters. The Morgan fingerprint density at radius 3 is 2.94 bits per heavy atom. The highest BCUT2D eigenvalue weighted by molar-refractivity contribution is 5.77. The Balaban J connectivity index is 2.58. The van der Waals surface area contributed by atoms with Crippen LogP contribution in [0.3, 0.4) is 0 Å². The molecule has 1 rings (SSSR count). The molecular weight excluding hydrogens is 204 g/mol. The molecule has 0 radical (unpaired) electrons. The third kappa shape index (κ3) is 3.38. The van der Waals surface area contributed by atoms with E-state index in [9.17, 15) is 0 Å². The lowest BCUT2D eigenvalue weighted by Crippen LogP contribution is -2.31. The van der Waals surface area contributed by atoms with Gasteiger partial charge in [-0.15, -0.1) is 6.58 Å². The first-order valence-electron chi connectivity index (χ1n) is 5.22. The monoisotopic (exact) mass is 222 g/mol. The van der Waals surface area contributed by atoms with Crippen molar-refractivity contribution in [3.63, 3.8) is 0 Å². The third-order valence-corrected chi connectivity index (χ3v) is 2.03. The quantitative estimate of drug-likeness (QED) is 0.423. The van der Waals surface area contributed by atoms with Crippen LogP contribution >= 0.6 is 0 Å². The Kier molecular flexibility index (Phi) is 4.50. The lowest BCUT2D eigenvalue weighted by molar-refractivity contribution is 0.561. The molecule has 0 amide bonds. The number of aromatic nitrogens is 3. The fraction of sp³-hybridized carbons (Fsp3) is 0.500. The molecule has 6 nitrogen and oxygen atoms in total. The van der Waals surface area contributed by atoms with E-state index in [1.54, 1.807) is 10.9 Å². The number of nitrogens with zero attached hydrogens (tertiary/aromatic N) is 4. The molecule has 6 heteroatoms. The summed E-state index contributed by atoms with van der Waals surface area (Å²) in [7, 11) is 0. The molecule has 0 saturated heterocycles. The highest BCUT2D eigenvalue weighted by Gasteiger charge is 2.04. The van der Waals surface area contributed by atoms with Crippen LogP contribution in [0.2, 0.25) is 0 Å². The van der Waals surface area contributed by atoms with Crippen molar-refractivity contribution in [3.05, 3.63) is 24.0 Å². The van der Waals surface area contributed by atoms with Crippen LogP contribution in [0.25, 0.3) is 0 Å². The average Bonchev–Trinajstić information content (AvgIpc) is 2.64. The van der Waals surface area contributed by atoms with Gasteiger partial charge in [0.25, 0.3) is 0 Å². The zero-order valence-corrected chi connectivity index (χ0v) is 9.77. The summed E-state index contributed by atoms with van der Waals surface area (Å²) in [6, 6.07) is 0. The van der Waals surface area contributed by atoms with Crippen molar-refractivity contribution in [2.75, 3.05) is 6.54 Å². The number of hydrogen-bond donors (Lipinski definition) is 2. The van der Waals surface area contributed by atoms with Crippen molar-refractivity contribution in [3.8, 4) is 0 Å². The maximum absolute atomic E-state index is 5.63. The number of aliphatic imine (C=N–C) groups is 1. The van der Waals surface area contributed by atoms with E-state index in [2.05, 4.69) is 27.1 Å². The molecule has 1 aromatic heterocycles. The number of rotatable bonds is 5. The molecule has 0 aliphatic carbocycles. The Morgan fingerprint density at radius 2 is 2.38 bits per heavy atom. The van der Waals surface area contributed by atoms with Gasteiger partial charge in [0.2, 0.25) is 0 Å². The molecule has 0 unspecified atom stereocenters. The van der Waals surface area contributed by atoms with Gasteiger partial charge in [-0.3, -0.25) is 0 Å². The molecule has 0 spiro atoms. The van der Waals surface area contributed by atoms with Crippen LogP contribution in [-0.2, 0) is 13.1 Å². The number of nitrogens with one attached hydrogen (secondary N) is 1. The first kappa shape index (κ1) is 12.2. The molecule has 0 aliphatic heterocycles. The van der Waals surface area contributed by atoms with Crippen LogP contribution in [-0.4, -0.2) is 27.5 Å². The summed E-state index contributed by atoms with van der Waals surface area (Å²) in [6.45, 7) is 9.30. The van der Waals surface area contributed by atoms with E-state index in [1.165, 1.54) is 0 Å². The molecule has 3 N–H and O–H groups in total. The van der Waals surface area contributed by atoms with Gasteiger partial charge in [-0.05, 0) is 13.8 Å². The maximum Gasteiger partial charge on any atom is 0.189 e. The SMILES string of the molecule is C=CCNC(N)=NCc1nn(CC)nc1C. The number of hydrogen-bond acceptors (Lipinski definition) is 3. The molecule has 16 heavy (non-hydrogen) atoms. The average molecular weight is 222 g/mol. The van der Waals surface area contributed by atoms with E-state index in [4.69, 9.17) is 5.73 Å². The molecule has 0 bridgehead atoms. The highest BCUT2D eigenvalue weighted by atomic mass is 15.5. The van der Waals surface area contributed by atoms with E-state index in [0.717, 1.165) is 17.9 Å². The molecule has 0 fully saturated rings. The van der Waals surface area contributed by atoms with Crippen LogP contribution in [0.4, 0.5) is 0 Å². The van der Waals surface area contributed by atoms with Gasteiger partial charge in [0.05, 0.1) is 18.8 Å². The van der Waals surface area contributed by atoms with Gasteiger partial charge < -0.3 is 11.1 Å². The Morgan fingerprint density at radius 1 is 1.62 bits per heavy atom. The summed E-state index contributed by atoms with van der Waals surface area (Å²) in [5, 5.41) is 11.4. The second-order valence-corrected chi connectivity index (χ2v) is 3.29. The molecular formula is C10H18N6. The van der Waals surface area contributed by atoms with Crippen LogP contribution in [0.15, 0.2) is 17.6 Å². The molecule has 88 valence electrons. The van der Waals surface area contributed by atoms with Gasteiger partial charge >= 0.3 is 0 Å². The van der Waals surface area contributed by atoms with Crippen LogP contribution in [0, 0.1) is 6.92 Å². The highest BCUT2D eigenvalue weighted by Crippen LogP contribution is 2.02. The van der Waals surface area contributed by atoms with E-state index in [-0.39, 0.29) is 0 Å². The zero-order chi connectivity index (χ0) is 12.0. The summed E-state index contributed by atoms with van der Waals surface area (Å²) in [5.41, 5.74) is 7.38. The van der Waals surface area contributed by atoms with Crippen LogP contribution in [0.5, 0.6) is 0 Å². The normalized spacial score (nSPS) is 11.5. The molecule has 1 heterocycles. The van der Waals surface area contributed by atoms with Crippen molar-refractivity contribution < 1.29 is 0 Å². The lowest BCUT2D eigenvalue weighted by Gasteiger charge is -2.00. The fourth-order valence-electron chi connectivity index (χ4n) is 1.15. The smallest absolute Gasteiger partial charge is 0.189 e. The predicted molar refractivity (Wildman–Crippen MR) is 64.0 cm³/mol. The van der Waals surface area contributed by atoms with Gasteiger partial charge in [0.15, 0.2) is 5.96 Å². The van der Waals surface area contributed by atoms with Gasteiger partial charge in [0.1, 0.15) is 5.69 Å². The number of aryl methyl sites for hydroxylation is 2. The van der Waals surface area contributed by atoms with E-state index in [0.29, 0.717) is 19.0 Å². The summed E-state index contributed by atoms with van der Waals surface area (Å²) >= 11 is 0. The van der Waals surface area contributed by atoms with Gasteiger partial charge in [-0.2, -0.15) is 15.0 Å². The first-order valence-corrected chi connectivity index (χ1v) is 5.22. The predicted octanol–water partition coefficient (Wildman–Crippen LogP) is 0.197. The van der Waals surface area contributed by atoms with Crippen LogP contribution in [0.1, 0.15) is 18.3 Å². The largest absolute Gasteiger partial charge is 0.370 e. The second-order valence-electron chi connectivity index (χ2n) is 3.29. The lowest BCUT2D eigenvalue weighted by atomic mass is 10.3. The second kappa shape index (κ2) is 5.89. The minimum atomic E-state index is 0.394. The fourth-order valence-corrected chi connectivity index (χ4v) is 1.15. The minimum absolute atomic E-state index is 0.394. The molecule has 1 aromatic rings. The van der Waals surface area contributed by atoms with Gasteiger partial charge in [0, 0.05) is 6.54 Å². The summed E-state index contributed by atoms with van der Waals surface area (Å²) < 4.78 is 0. The van der Waals surface area contributed by atoms with Gasteiger partial charge in [-0.25, -0.2) is 4.99 Å². The summed E-state index contributed by atoms with van der Waals surface area (Å²) in [4.78, 5) is 5.81. The zero-order valence-electron chi connectivity index (χ0n) is 9.77. The maximum atomic E-state index is 5.63. The van der Waals surface area contributed by atoms with E-state index < -0.39 is 0 Å². The molecule has 0 saturated carbocycles. The Labute approximate surface area is 95.2 Å². The van der Waals surface area contributed by atoms with Gasteiger partial charge in [-0.1, -0.05) is 6.08 Å². The summed E-state index contributed by atoms with van der Waals surface area (Å²) in [6.07, 6.45) is 1.72. The number of nitrogens with two attached hydrogens (primary N) is 1. The van der Waals surface area contributed by atoms with E-state index >= 15 is 0 Å². The molecule has 0 aliphatic rings. The van der Waals surface area contributed by atoms with Crippen molar-refractivity contribution in [1.82, 2.24) is 20.3 Å². The van der Waals surface area contributed by atoms with Crippen LogP contribution < -0.4 is 11.1 Å². The van der Waals surface area contributed by atoms with E-state index in [1.807, 2.05) is 13.8 Å². The van der Waals surface area contributed by atoms with Crippen molar-refractivity contribution in [2.24, 2.45) is 10.7 Å². The summed E-state index contributed by atoms with van der Waals surface area (Å²) in [5.74, 6) is 0.394. The third-order valence-electron chi connectivity index (χ3n) is 2.03. The first-order chi connectivity index (χ1) is 7.67.